The fraction of sp³-hybridized carbons (Fsp3) is 0. The molecule has 8 heteroatoms. The van der Waals surface area contributed by atoms with Gasteiger partial charge in [-0.05, 0) is 12.1 Å². The SMILES string of the molecule is O=[N+]([O-])c1ccc(F)c(N=Cc2ccccc2[N+](=O)[O-])c1. The van der Waals surface area contributed by atoms with Crippen molar-refractivity contribution in [1.29, 1.82) is 0 Å². The normalized spacial score (nSPS) is 10.7. The van der Waals surface area contributed by atoms with Crippen molar-refractivity contribution in [3.63, 3.8) is 0 Å². The van der Waals surface area contributed by atoms with Gasteiger partial charge in [0.25, 0.3) is 11.4 Å². The molecular weight excluding hydrogens is 281 g/mol. The molecule has 0 saturated heterocycles. The van der Waals surface area contributed by atoms with Crippen LogP contribution in [-0.2, 0) is 0 Å². The molecule has 0 aliphatic rings. The van der Waals surface area contributed by atoms with Crippen LogP contribution in [0.15, 0.2) is 47.5 Å². The average molecular weight is 289 g/mol. The maximum Gasteiger partial charge on any atom is 0.278 e. The van der Waals surface area contributed by atoms with Crippen LogP contribution < -0.4 is 0 Å². The number of halogens is 1. The first kappa shape index (κ1) is 14.3. The van der Waals surface area contributed by atoms with Gasteiger partial charge in [0.1, 0.15) is 11.5 Å². The minimum Gasteiger partial charge on any atom is -0.258 e. The number of nitrogens with zero attached hydrogens (tertiary/aromatic N) is 3. The molecule has 0 atom stereocenters. The second-order valence-corrected chi connectivity index (χ2v) is 3.97. The van der Waals surface area contributed by atoms with Crippen LogP contribution in [0.3, 0.4) is 0 Å². The Morgan fingerprint density at radius 2 is 1.76 bits per heavy atom. The predicted molar refractivity (Wildman–Crippen MR) is 73.4 cm³/mol. The highest BCUT2D eigenvalue weighted by Crippen LogP contribution is 2.24. The first-order valence-corrected chi connectivity index (χ1v) is 5.70. The third-order valence-electron chi connectivity index (χ3n) is 2.62. The maximum atomic E-state index is 13.5. The third-order valence-corrected chi connectivity index (χ3v) is 2.62. The molecule has 106 valence electrons. The van der Waals surface area contributed by atoms with Crippen LogP contribution in [0.1, 0.15) is 5.56 Å². The maximum absolute atomic E-state index is 13.5. The van der Waals surface area contributed by atoms with Crippen LogP contribution in [0.5, 0.6) is 0 Å². The van der Waals surface area contributed by atoms with Crippen molar-refractivity contribution in [3.05, 3.63) is 74.1 Å². The van der Waals surface area contributed by atoms with E-state index in [9.17, 15) is 24.6 Å². The van der Waals surface area contributed by atoms with Crippen molar-refractivity contribution in [2.75, 3.05) is 0 Å². The summed E-state index contributed by atoms with van der Waals surface area (Å²) in [5, 5.41) is 21.4. The lowest BCUT2D eigenvalue weighted by Gasteiger charge is -1.98. The number of non-ortho nitro benzene ring substituents is 1. The molecule has 0 fully saturated rings. The molecule has 0 saturated carbocycles. The van der Waals surface area contributed by atoms with Crippen molar-refractivity contribution in [3.8, 4) is 0 Å². The molecule has 7 nitrogen and oxygen atoms in total. The summed E-state index contributed by atoms with van der Waals surface area (Å²) in [7, 11) is 0. The summed E-state index contributed by atoms with van der Waals surface area (Å²) < 4.78 is 13.5. The van der Waals surface area contributed by atoms with E-state index in [1.807, 2.05) is 0 Å². The van der Waals surface area contributed by atoms with Crippen LogP contribution in [0, 0.1) is 26.0 Å². The Morgan fingerprint density at radius 1 is 1.05 bits per heavy atom. The van der Waals surface area contributed by atoms with E-state index in [4.69, 9.17) is 0 Å². The zero-order valence-corrected chi connectivity index (χ0v) is 10.5. The van der Waals surface area contributed by atoms with Gasteiger partial charge in [0.05, 0.1) is 15.4 Å². The van der Waals surface area contributed by atoms with E-state index >= 15 is 0 Å². The van der Waals surface area contributed by atoms with E-state index in [2.05, 4.69) is 4.99 Å². The summed E-state index contributed by atoms with van der Waals surface area (Å²) in [4.78, 5) is 23.9. The Kier molecular flexibility index (Phi) is 3.98. The van der Waals surface area contributed by atoms with Crippen molar-refractivity contribution in [2.24, 2.45) is 4.99 Å². The highest BCUT2D eigenvalue weighted by atomic mass is 19.1. The summed E-state index contributed by atoms with van der Waals surface area (Å²) in [6.07, 6.45) is 1.10. The van der Waals surface area contributed by atoms with E-state index in [0.29, 0.717) is 0 Å². The molecule has 2 aromatic carbocycles. The lowest BCUT2D eigenvalue weighted by molar-refractivity contribution is -0.385. The molecule has 2 rings (SSSR count). The highest BCUT2D eigenvalue weighted by molar-refractivity contribution is 5.87. The van der Waals surface area contributed by atoms with Crippen molar-refractivity contribution >= 4 is 23.3 Å². The molecule has 0 aliphatic heterocycles. The van der Waals surface area contributed by atoms with Gasteiger partial charge >= 0.3 is 0 Å². The molecule has 0 unspecified atom stereocenters. The van der Waals surface area contributed by atoms with E-state index in [0.717, 1.165) is 24.4 Å². The smallest absolute Gasteiger partial charge is 0.258 e. The number of para-hydroxylation sites is 1. The summed E-state index contributed by atoms with van der Waals surface area (Å²) in [6.45, 7) is 0. The van der Waals surface area contributed by atoms with Gasteiger partial charge in [0.2, 0.25) is 0 Å². The van der Waals surface area contributed by atoms with Crippen molar-refractivity contribution in [2.45, 2.75) is 0 Å². The minimum atomic E-state index is -0.754. The Hall–Kier alpha value is -3.16. The molecule has 0 aromatic heterocycles. The van der Waals surface area contributed by atoms with Gasteiger partial charge in [-0.2, -0.15) is 0 Å². The molecule has 0 spiro atoms. The molecular formula is C13H8FN3O4. The highest BCUT2D eigenvalue weighted by Gasteiger charge is 2.12. The summed E-state index contributed by atoms with van der Waals surface area (Å²) in [6, 6.07) is 8.67. The monoisotopic (exact) mass is 289 g/mol. The number of benzene rings is 2. The molecule has 0 radical (unpaired) electrons. The van der Waals surface area contributed by atoms with Gasteiger partial charge in [-0.15, -0.1) is 0 Å². The fourth-order valence-corrected chi connectivity index (χ4v) is 1.62. The molecule has 21 heavy (non-hydrogen) atoms. The lowest BCUT2D eigenvalue weighted by Crippen LogP contribution is -1.94. The number of hydrogen-bond donors (Lipinski definition) is 0. The van der Waals surface area contributed by atoms with Crippen molar-refractivity contribution < 1.29 is 14.2 Å². The molecule has 0 heterocycles. The van der Waals surface area contributed by atoms with Crippen LogP contribution >= 0.6 is 0 Å². The largest absolute Gasteiger partial charge is 0.278 e. The van der Waals surface area contributed by atoms with Gasteiger partial charge in [-0.25, -0.2) is 4.39 Å². The van der Waals surface area contributed by atoms with Gasteiger partial charge in [0, 0.05) is 24.4 Å². The summed E-state index contributed by atoms with van der Waals surface area (Å²) in [5.41, 5.74) is -0.589. The standard InChI is InChI=1S/C13H8FN3O4/c14-11-6-5-10(16(18)19)7-12(11)15-8-9-3-1-2-4-13(9)17(20)21/h1-8H. The van der Waals surface area contributed by atoms with E-state index in [-0.39, 0.29) is 22.6 Å². The number of aliphatic imine (C=N–C) groups is 1. The summed E-state index contributed by atoms with van der Waals surface area (Å²) in [5.74, 6) is -0.754. The number of hydrogen-bond acceptors (Lipinski definition) is 5. The van der Waals surface area contributed by atoms with Crippen LogP contribution in [-0.4, -0.2) is 16.1 Å². The third kappa shape index (κ3) is 3.24. The zero-order valence-electron chi connectivity index (χ0n) is 10.5. The Balaban J connectivity index is 2.40. The van der Waals surface area contributed by atoms with Crippen molar-refractivity contribution in [1.82, 2.24) is 0 Å². The van der Waals surface area contributed by atoms with Gasteiger partial charge < -0.3 is 0 Å². The molecule has 0 bridgehead atoms. The second kappa shape index (κ2) is 5.87. The average Bonchev–Trinajstić information content (AvgIpc) is 2.46. The van der Waals surface area contributed by atoms with Crippen LogP contribution in [0.25, 0.3) is 0 Å². The Labute approximate surface area is 117 Å². The minimum absolute atomic E-state index is 0.174. The summed E-state index contributed by atoms with van der Waals surface area (Å²) >= 11 is 0. The van der Waals surface area contributed by atoms with Crippen LogP contribution in [0.4, 0.5) is 21.5 Å². The number of nitro groups is 2. The fourth-order valence-electron chi connectivity index (χ4n) is 1.62. The zero-order chi connectivity index (χ0) is 15.4. The van der Waals surface area contributed by atoms with Gasteiger partial charge in [-0.1, -0.05) is 12.1 Å². The topological polar surface area (TPSA) is 98.6 Å². The number of rotatable bonds is 4. The molecule has 0 aliphatic carbocycles. The van der Waals surface area contributed by atoms with Crippen LogP contribution in [0.2, 0.25) is 0 Å². The quantitative estimate of drug-likeness (QED) is 0.489. The molecule has 2 aromatic rings. The van der Waals surface area contributed by atoms with Gasteiger partial charge in [0.15, 0.2) is 0 Å². The lowest BCUT2D eigenvalue weighted by atomic mass is 10.2. The van der Waals surface area contributed by atoms with E-state index in [1.165, 1.54) is 18.2 Å². The first-order valence-electron chi connectivity index (χ1n) is 5.70. The Morgan fingerprint density at radius 3 is 2.43 bits per heavy atom. The second-order valence-electron chi connectivity index (χ2n) is 3.97. The predicted octanol–water partition coefficient (Wildman–Crippen LogP) is 3.39. The van der Waals surface area contributed by atoms with Gasteiger partial charge in [-0.3, -0.25) is 25.2 Å². The molecule has 0 N–H and O–H groups in total. The van der Waals surface area contributed by atoms with E-state index in [1.54, 1.807) is 6.07 Å². The number of nitro benzene ring substituents is 2. The first-order chi connectivity index (χ1) is 9.99. The Bertz CT molecular complexity index is 746. The molecule has 0 amide bonds. The van der Waals surface area contributed by atoms with E-state index < -0.39 is 15.7 Å².